The normalized spacial score (nSPS) is 15.2. The lowest BCUT2D eigenvalue weighted by Gasteiger charge is -2.32. The van der Waals surface area contributed by atoms with Gasteiger partial charge in [-0.3, -0.25) is 14.2 Å². The minimum absolute atomic E-state index is 0.109. The number of fused-ring (bicyclic) bond motifs is 1. The minimum Gasteiger partial charge on any atom is -0.501 e. The molecule has 2 aromatic carbocycles. The summed E-state index contributed by atoms with van der Waals surface area (Å²) in [6.45, 7) is 4.23. The van der Waals surface area contributed by atoms with Gasteiger partial charge in [-0.1, -0.05) is 30.3 Å². The fourth-order valence-corrected chi connectivity index (χ4v) is 4.19. The number of nitrogens with zero attached hydrogens (tertiary/aromatic N) is 3. The van der Waals surface area contributed by atoms with Gasteiger partial charge in [0.25, 0.3) is 11.5 Å². The standard InChI is InChI=1S/C24H25FN4O3/c1-14(2)29-18-7-5-4-6-16(18)12-19(29)22-27-20(21(30)24(32)28(22)3)23(31)26-13-15-8-10-17(25)11-9-15/h4-11,14,19,30H,12-13H2,1-3H3,(H,26,31). The summed E-state index contributed by atoms with van der Waals surface area (Å²) < 4.78 is 14.4. The van der Waals surface area contributed by atoms with Gasteiger partial charge >= 0.3 is 0 Å². The maximum atomic E-state index is 13.1. The summed E-state index contributed by atoms with van der Waals surface area (Å²) in [7, 11) is 1.55. The van der Waals surface area contributed by atoms with E-state index in [-0.39, 0.29) is 30.1 Å². The number of para-hydroxylation sites is 1. The van der Waals surface area contributed by atoms with Crippen molar-refractivity contribution < 1.29 is 14.3 Å². The average molecular weight is 436 g/mol. The Hall–Kier alpha value is -3.68. The number of aromatic nitrogens is 2. The number of rotatable bonds is 5. The molecule has 1 amide bonds. The van der Waals surface area contributed by atoms with Crippen molar-refractivity contribution in [3.8, 4) is 5.75 Å². The summed E-state index contributed by atoms with van der Waals surface area (Å²) in [5, 5.41) is 13.0. The third kappa shape index (κ3) is 3.84. The van der Waals surface area contributed by atoms with Gasteiger partial charge in [-0.2, -0.15) is 0 Å². The molecule has 2 heterocycles. The second kappa shape index (κ2) is 8.45. The molecule has 2 N–H and O–H groups in total. The van der Waals surface area contributed by atoms with Crippen molar-refractivity contribution in [3.63, 3.8) is 0 Å². The van der Waals surface area contributed by atoms with E-state index in [0.29, 0.717) is 17.8 Å². The van der Waals surface area contributed by atoms with Crippen LogP contribution in [-0.4, -0.2) is 26.6 Å². The van der Waals surface area contributed by atoms with Crippen molar-refractivity contribution in [3.05, 3.63) is 87.3 Å². The lowest BCUT2D eigenvalue weighted by atomic mass is 10.1. The average Bonchev–Trinajstić information content (AvgIpc) is 3.16. The number of aromatic hydroxyl groups is 1. The van der Waals surface area contributed by atoms with Gasteiger partial charge in [0.05, 0.1) is 6.04 Å². The second-order valence-corrected chi connectivity index (χ2v) is 8.19. The molecule has 0 saturated carbocycles. The molecule has 0 aliphatic carbocycles. The summed E-state index contributed by atoms with van der Waals surface area (Å²) in [4.78, 5) is 32.2. The summed E-state index contributed by atoms with van der Waals surface area (Å²) in [6.07, 6.45) is 0.635. The highest BCUT2D eigenvalue weighted by Gasteiger charge is 2.35. The molecule has 32 heavy (non-hydrogen) atoms. The van der Waals surface area contributed by atoms with Crippen LogP contribution in [0.4, 0.5) is 10.1 Å². The van der Waals surface area contributed by atoms with E-state index in [9.17, 15) is 19.1 Å². The van der Waals surface area contributed by atoms with Crippen molar-refractivity contribution in [1.82, 2.24) is 14.9 Å². The van der Waals surface area contributed by atoms with Crippen molar-refractivity contribution in [2.75, 3.05) is 4.90 Å². The Morgan fingerprint density at radius 3 is 2.59 bits per heavy atom. The number of nitrogens with one attached hydrogen (secondary N) is 1. The highest BCUT2D eigenvalue weighted by atomic mass is 19.1. The van der Waals surface area contributed by atoms with Crippen molar-refractivity contribution in [1.29, 1.82) is 0 Å². The zero-order valence-electron chi connectivity index (χ0n) is 18.2. The topological polar surface area (TPSA) is 87.5 Å². The number of hydrogen-bond acceptors (Lipinski definition) is 5. The van der Waals surface area contributed by atoms with Crippen molar-refractivity contribution in [2.24, 2.45) is 7.05 Å². The third-order valence-electron chi connectivity index (χ3n) is 5.76. The van der Waals surface area contributed by atoms with Crippen LogP contribution in [0.15, 0.2) is 53.3 Å². The van der Waals surface area contributed by atoms with Gasteiger partial charge in [0.1, 0.15) is 11.6 Å². The molecule has 1 atom stereocenters. The van der Waals surface area contributed by atoms with E-state index in [1.165, 1.54) is 16.7 Å². The molecule has 0 bridgehead atoms. The molecule has 4 rings (SSSR count). The largest absolute Gasteiger partial charge is 0.501 e. The SMILES string of the molecule is CC(C)N1c2ccccc2CC1c1nc(C(=O)NCc2ccc(F)cc2)c(O)c(=O)n1C. The molecule has 0 radical (unpaired) electrons. The van der Waals surface area contributed by atoms with Crippen molar-refractivity contribution >= 4 is 11.6 Å². The lowest BCUT2D eigenvalue weighted by Crippen LogP contribution is -2.37. The van der Waals surface area contributed by atoms with Crippen LogP contribution in [0.3, 0.4) is 0 Å². The van der Waals surface area contributed by atoms with E-state index in [1.807, 2.05) is 24.3 Å². The third-order valence-corrected chi connectivity index (χ3v) is 5.76. The molecule has 1 aromatic heterocycles. The fourth-order valence-electron chi connectivity index (χ4n) is 4.19. The number of carbonyl (C=O) groups is 1. The van der Waals surface area contributed by atoms with Gasteiger partial charge < -0.3 is 15.3 Å². The molecule has 1 aliphatic heterocycles. The van der Waals surface area contributed by atoms with E-state index in [4.69, 9.17) is 0 Å². The summed E-state index contributed by atoms with van der Waals surface area (Å²) >= 11 is 0. The number of halogens is 1. The Kier molecular flexibility index (Phi) is 5.69. The van der Waals surface area contributed by atoms with E-state index < -0.39 is 17.2 Å². The number of hydrogen-bond donors (Lipinski definition) is 2. The number of benzene rings is 2. The first-order valence-electron chi connectivity index (χ1n) is 10.5. The molecule has 1 aliphatic rings. The minimum atomic E-state index is -0.695. The van der Waals surface area contributed by atoms with Gasteiger partial charge in [0.2, 0.25) is 5.75 Å². The van der Waals surface area contributed by atoms with Gasteiger partial charge in [0.15, 0.2) is 5.69 Å². The fraction of sp³-hybridized carbons (Fsp3) is 0.292. The van der Waals surface area contributed by atoms with Crippen LogP contribution >= 0.6 is 0 Å². The number of carbonyl (C=O) groups excluding carboxylic acids is 1. The molecule has 7 nitrogen and oxygen atoms in total. The molecule has 0 spiro atoms. The van der Waals surface area contributed by atoms with Crippen molar-refractivity contribution in [2.45, 2.75) is 38.9 Å². The van der Waals surface area contributed by atoms with E-state index in [0.717, 1.165) is 11.3 Å². The van der Waals surface area contributed by atoms with Crippen LogP contribution in [0, 0.1) is 5.82 Å². The van der Waals surface area contributed by atoms with Gasteiger partial charge in [0, 0.05) is 31.7 Å². The first kappa shape index (κ1) is 21.5. The molecular formula is C24H25FN4O3. The second-order valence-electron chi connectivity index (χ2n) is 8.19. The molecule has 0 saturated heterocycles. The molecule has 0 fully saturated rings. The Morgan fingerprint density at radius 2 is 1.91 bits per heavy atom. The van der Waals surface area contributed by atoms with Crippen LogP contribution < -0.4 is 15.8 Å². The summed E-state index contributed by atoms with van der Waals surface area (Å²) in [5.41, 5.74) is 1.89. The lowest BCUT2D eigenvalue weighted by molar-refractivity contribution is 0.0941. The molecule has 3 aromatic rings. The quantitative estimate of drug-likeness (QED) is 0.642. The van der Waals surface area contributed by atoms with Gasteiger partial charge in [-0.25, -0.2) is 9.37 Å². The monoisotopic (exact) mass is 436 g/mol. The number of amides is 1. The predicted molar refractivity (Wildman–Crippen MR) is 119 cm³/mol. The Labute approximate surface area is 185 Å². The maximum Gasteiger partial charge on any atom is 0.296 e. The zero-order valence-corrected chi connectivity index (χ0v) is 18.2. The number of anilines is 1. The zero-order chi connectivity index (χ0) is 23.0. The Morgan fingerprint density at radius 1 is 1.22 bits per heavy atom. The van der Waals surface area contributed by atoms with Crippen LogP contribution in [0.1, 0.15) is 47.3 Å². The summed E-state index contributed by atoms with van der Waals surface area (Å²) in [5.74, 6) is -1.33. The molecule has 166 valence electrons. The molecule has 1 unspecified atom stereocenters. The molecule has 8 heteroatoms. The predicted octanol–water partition coefficient (Wildman–Crippen LogP) is 3.07. The van der Waals surface area contributed by atoms with E-state index in [2.05, 4.69) is 29.0 Å². The molecular weight excluding hydrogens is 411 g/mol. The van der Waals surface area contributed by atoms with Crippen LogP contribution in [-0.2, 0) is 20.0 Å². The van der Waals surface area contributed by atoms with Crippen LogP contribution in [0.25, 0.3) is 0 Å². The summed E-state index contributed by atoms with van der Waals surface area (Å²) in [6, 6.07) is 13.6. The first-order valence-corrected chi connectivity index (χ1v) is 10.5. The van der Waals surface area contributed by atoms with E-state index >= 15 is 0 Å². The smallest absolute Gasteiger partial charge is 0.296 e. The first-order chi connectivity index (χ1) is 15.3. The highest BCUT2D eigenvalue weighted by molar-refractivity contribution is 5.94. The maximum absolute atomic E-state index is 13.1. The van der Waals surface area contributed by atoms with Gasteiger partial charge in [-0.15, -0.1) is 0 Å². The highest BCUT2D eigenvalue weighted by Crippen LogP contribution is 2.41. The van der Waals surface area contributed by atoms with Crippen LogP contribution in [0.2, 0.25) is 0 Å². The van der Waals surface area contributed by atoms with Gasteiger partial charge in [-0.05, 0) is 43.2 Å². The van der Waals surface area contributed by atoms with E-state index in [1.54, 1.807) is 19.2 Å². The van der Waals surface area contributed by atoms with Crippen LogP contribution in [0.5, 0.6) is 5.75 Å². The Balaban J connectivity index is 1.68. The Bertz CT molecular complexity index is 1220.